The highest BCUT2D eigenvalue weighted by atomic mass is 16.2. The highest BCUT2D eigenvalue weighted by molar-refractivity contribution is 6.07. The standard InChI is InChI=1S/C16H24N2O/c1-5-7-13(17)11-8-9-14-12(10-11)16(3,4)15(19)18(14)6-2/h8-10,13H,5-7,17H2,1-4H3. The molecule has 0 aromatic heterocycles. The molecule has 0 spiro atoms. The number of hydrogen-bond acceptors (Lipinski definition) is 2. The lowest BCUT2D eigenvalue weighted by atomic mass is 9.84. The van der Waals surface area contributed by atoms with Crippen molar-refractivity contribution in [2.45, 2.75) is 52.0 Å². The maximum absolute atomic E-state index is 12.4. The Bertz CT molecular complexity index is 494. The lowest BCUT2D eigenvalue weighted by Gasteiger charge is -2.18. The molecule has 2 rings (SSSR count). The van der Waals surface area contributed by atoms with Gasteiger partial charge in [-0.15, -0.1) is 0 Å². The third-order valence-electron chi connectivity index (χ3n) is 4.11. The second kappa shape index (κ2) is 4.97. The van der Waals surface area contributed by atoms with Gasteiger partial charge in [-0.05, 0) is 44.4 Å². The first-order valence-corrected chi connectivity index (χ1v) is 7.15. The molecule has 1 heterocycles. The number of rotatable bonds is 4. The van der Waals surface area contributed by atoms with E-state index in [9.17, 15) is 4.79 Å². The Morgan fingerprint density at radius 1 is 1.32 bits per heavy atom. The monoisotopic (exact) mass is 260 g/mol. The van der Waals surface area contributed by atoms with Gasteiger partial charge in [-0.1, -0.05) is 25.5 Å². The van der Waals surface area contributed by atoms with E-state index in [1.54, 1.807) is 0 Å². The molecule has 1 aromatic rings. The molecule has 0 bridgehead atoms. The van der Waals surface area contributed by atoms with Gasteiger partial charge in [0.2, 0.25) is 5.91 Å². The van der Waals surface area contributed by atoms with Gasteiger partial charge >= 0.3 is 0 Å². The molecule has 1 amide bonds. The summed E-state index contributed by atoms with van der Waals surface area (Å²) < 4.78 is 0. The third kappa shape index (κ3) is 2.16. The molecular weight excluding hydrogens is 236 g/mol. The number of benzene rings is 1. The van der Waals surface area contributed by atoms with E-state index in [4.69, 9.17) is 5.73 Å². The summed E-state index contributed by atoms with van der Waals surface area (Å²) in [7, 11) is 0. The average molecular weight is 260 g/mol. The van der Waals surface area contributed by atoms with E-state index in [-0.39, 0.29) is 11.9 Å². The lowest BCUT2D eigenvalue weighted by Crippen LogP contribution is -2.35. The topological polar surface area (TPSA) is 46.3 Å². The van der Waals surface area contributed by atoms with Crippen LogP contribution in [0.1, 0.15) is 57.7 Å². The molecule has 3 nitrogen and oxygen atoms in total. The Morgan fingerprint density at radius 3 is 2.58 bits per heavy atom. The van der Waals surface area contributed by atoms with Crippen molar-refractivity contribution >= 4 is 11.6 Å². The molecule has 1 unspecified atom stereocenters. The summed E-state index contributed by atoms with van der Waals surface area (Å²) in [6.45, 7) is 8.87. The largest absolute Gasteiger partial charge is 0.324 e. The molecule has 0 fully saturated rings. The molecule has 0 aliphatic carbocycles. The Balaban J connectivity index is 2.46. The van der Waals surface area contributed by atoms with Crippen molar-refractivity contribution in [2.24, 2.45) is 5.73 Å². The highest BCUT2D eigenvalue weighted by Crippen LogP contribution is 2.42. The van der Waals surface area contributed by atoms with Crippen LogP contribution < -0.4 is 10.6 Å². The number of anilines is 1. The van der Waals surface area contributed by atoms with E-state index in [2.05, 4.69) is 25.1 Å². The van der Waals surface area contributed by atoms with Crippen molar-refractivity contribution in [2.75, 3.05) is 11.4 Å². The predicted molar refractivity (Wildman–Crippen MR) is 79.3 cm³/mol. The van der Waals surface area contributed by atoms with Crippen LogP contribution >= 0.6 is 0 Å². The van der Waals surface area contributed by atoms with Crippen molar-refractivity contribution in [1.82, 2.24) is 0 Å². The van der Waals surface area contributed by atoms with Gasteiger partial charge < -0.3 is 10.6 Å². The van der Waals surface area contributed by atoms with Crippen LogP contribution in [0.4, 0.5) is 5.69 Å². The lowest BCUT2D eigenvalue weighted by molar-refractivity contribution is -0.122. The van der Waals surface area contributed by atoms with Crippen LogP contribution in [0.25, 0.3) is 0 Å². The maximum Gasteiger partial charge on any atom is 0.237 e. The molecule has 0 saturated heterocycles. The van der Waals surface area contributed by atoms with E-state index in [1.165, 1.54) is 0 Å². The predicted octanol–water partition coefficient (Wildman–Crippen LogP) is 3.13. The minimum Gasteiger partial charge on any atom is -0.324 e. The van der Waals surface area contributed by atoms with E-state index in [1.807, 2.05) is 25.7 Å². The zero-order valence-corrected chi connectivity index (χ0v) is 12.4. The number of hydrogen-bond donors (Lipinski definition) is 1. The van der Waals surface area contributed by atoms with Gasteiger partial charge in [0, 0.05) is 18.3 Å². The van der Waals surface area contributed by atoms with Crippen LogP contribution in [0, 0.1) is 0 Å². The van der Waals surface area contributed by atoms with Gasteiger partial charge in [0.05, 0.1) is 5.41 Å². The second-order valence-corrected chi connectivity index (χ2v) is 5.85. The molecule has 19 heavy (non-hydrogen) atoms. The first-order valence-electron chi connectivity index (χ1n) is 7.15. The molecule has 2 N–H and O–H groups in total. The number of nitrogens with zero attached hydrogens (tertiary/aromatic N) is 1. The van der Waals surface area contributed by atoms with Crippen molar-refractivity contribution in [1.29, 1.82) is 0 Å². The van der Waals surface area contributed by atoms with Crippen LogP contribution in [0.3, 0.4) is 0 Å². The fourth-order valence-corrected chi connectivity index (χ4v) is 2.87. The molecule has 1 aliphatic rings. The number of carbonyl (C=O) groups is 1. The number of likely N-dealkylation sites (N-methyl/N-ethyl adjacent to an activating group) is 1. The number of fused-ring (bicyclic) bond motifs is 1. The molecule has 1 atom stereocenters. The van der Waals surface area contributed by atoms with Crippen LogP contribution in [-0.4, -0.2) is 12.5 Å². The van der Waals surface area contributed by atoms with Gasteiger partial charge in [-0.3, -0.25) is 4.79 Å². The van der Waals surface area contributed by atoms with Crippen LogP contribution in [0.15, 0.2) is 18.2 Å². The SMILES string of the molecule is CCCC(N)c1ccc2c(c1)C(C)(C)C(=O)N2CC. The van der Waals surface area contributed by atoms with Gasteiger partial charge in [-0.2, -0.15) is 0 Å². The van der Waals surface area contributed by atoms with E-state index in [0.29, 0.717) is 0 Å². The first kappa shape index (κ1) is 14.1. The molecule has 1 aromatic carbocycles. The first-order chi connectivity index (χ1) is 8.93. The van der Waals surface area contributed by atoms with E-state index in [0.717, 1.165) is 36.2 Å². The van der Waals surface area contributed by atoms with Crippen LogP contribution in [-0.2, 0) is 10.2 Å². The Labute approximate surface area is 115 Å². The van der Waals surface area contributed by atoms with Crippen molar-refractivity contribution in [3.8, 4) is 0 Å². The van der Waals surface area contributed by atoms with E-state index >= 15 is 0 Å². The Hall–Kier alpha value is -1.35. The van der Waals surface area contributed by atoms with Gasteiger partial charge in [0.25, 0.3) is 0 Å². The fourth-order valence-electron chi connectivity index (χ4n) is 2.87. The Kier molecular flexibility index (Phi) is 3.68. The molecule has 1 aliphatic heterocycles. The molecule has 3 heteroatoms. The number of nitrogens with two attached hydrogens (primary N) is 1. The second-order valence-electron chi connectivity index (χ2n) is 5.85. The zero-order valence-electron chi connectivity index (χ0n) is 12.4. The van der Waals surface area contributed by atoms with Gasteiger partial charge in [0.15, 0.2) is 0 Å². The fraction of sp³-hybridized carbons (Fsp3) is 0.562. The summed E-state index contributed by atoms with van der Waals surface area (Å²) in [5.74, 6) is 0.186. The molecule has 104 valence electrons. The smallest absolute Gasteiger partial charge is 0.237 e. The summed E-state index contributed by atoms with van der Waals surface area (Å²) in [6, 6.07) is 6.31. The van der Waals surface area contributed by atoms with Gasteiger partial charge in [0.1, 0.15) is 0 Å². The molecular formula is C16H24N2O. The van der Waals surface area contributed by atoms with Crippen molar-refractivity contribution < 1.29 is 4.79 Å². The summed E-state index contributed by atoms with van der Waals surface area (Å²) in [4.78, 5) is 14.3. The van der Waals surface area contributed by atoms with E-state index < -0.39 is 5.41 Å². The summed E-state index contributed by atoms with van der Waals surface area (Å²) >= 11 is 0. The summed E-state index contributed by atoms with van der Waals surface area (Å²) in [5, 5.41) is 0. The molecule has 0 radical (unpaired) electrons. The third-order valence-corrected chi connectivity index (χ3v) is 4.11. The minimum atomic E-state index is -0.437. The zero-order chi connectivity index (χ0) is 14.2. The maximum atomic E-state index is 12.4. The van der Waals surface area contributed by atoms with Crippen LogP contribution in [0.2, 0.25) is 0 Å². The van der Waals surface area contributed by atoms with Gasteiger partial charge in [-0.25, -0.2) is 0 Å². The minimum absolute atomic E-state index is 0.0666. The Morgan fingerprint density at radius 2 is 2.00 bits per heavy atom. The summed E-state index contributed by atoms with van der Waals surface area (Å²) in [5.41, 5.74) is 9.05. The summed E-state index contributed by atoms with van der Waals surface area (Å²) in [6.07, 6.45) is 2.05. The quantitative estimate of drug-likeness (QED) is 0.904. The molecule has 0 saturated carbocycles. The normalized spacial score (nSPS) is 18.6. The average Bonchev–Trinajstić information content (AvgIpc) is 2.57. The van der Waals surface area contributed by atoms with Crippen molar-refractivity contribution in [3.63, 3.8) is 0 Å². The number of amides is 1. The number of carbonyl (C=O) groups excluding carboxylic acids is 1. The van der Waals surface area contributed by atoms with Crippen LogP contribution in [0.5, 0.6) is 0 Å². The highest BCUT2D eigenvalue weighted by Gasteiger charge is 2.43. The van der Waals surface area contributed by atoms with Crippen molar-refractivity contribution in [3.05, 3.63) is 29.3 Å².